The number of likely N-dealkylation sites (N-methyl/N-ethyl adjacent to an activating group) is 1. The molecule has 2 N–H and O–H groups in total. The normalized spacial score (nSPS) is 25.4. The van der Waals surface area contributed by atoms with Crippen molar-refractivity contribution < 1.29 is 17.6 Å². The molecule has 3 atom stereocenters. The Morgan fingerprint density at radius 3 is 2.77 bits per heavy atom. The monoisotopic (exact) mass is 450 g/mol. The van der Waals surface area contributed by atoms with Crippen LogP contribution in [0.3, 0.4) is 0 Å². The lowest BCUT2D eigenvalue weighted by atomic mass is 9.90. The van der Waals surface area contributed by atoms with Gasteiger partial charge in [-0.15, -0.1) is 0 Å². The number of carbonyl (C=O) groups is 1. The van der Waals surface area contributed by atoms with Gasteiger partial charge in [-0.05, 0) is 56.7 Å². The SMILES string of the molecule is Cc1ccc(F)c2cc(C(=O)N[C@@H]3CCC[C@@H](N4CC[C@@H](N(C)S(C)(=O)=O)C4)C3)[nH]c12. The molecule has 170 valence electrons. The summed E-state index contributed by atoms with van der Waals surface area (Å²) in [5.74, 6) is -0.548. The highest BCUT2D eigenvalue weighted by molar-refractivity contribution is 7.88. The van der Waals surface area contributed by atoms with Gasteiger partial charge in [0.1, 0.15) is 11.5 Å². The number of rotatable bonds is 5. The number of nitrogens with one attached hydrogen (secondary N) is 2. The fourth-order valence-electron chi connectivity index (χ4n) is 5.00. The molecule has 1 aliphatic heterocycles. The summed E-state index contributed by atoms with van der Waals surface area (Å²) in [6, 6.07) is 5.10. The number of H-pyrrole nitrogens is 1. The fraction of sp³-hybridized carbons (Fsp3) is 0.591. The fourth-order valence-corrected chi connectivity index (χ4v) is 5.72. The van der Waals surface area contributed by atoms with Crippen LogP contribution in [0.4, 0.5) is 4.39 Å². The lowest BCUT2D eigenvalue weighted by Gasteiger charge is -2.36. The van der Waals surface area contributed by atoms with Crippen molar-refractivity contribution in [3.63, 3.8) is 0 Å². The number of aromatic nitrogens is 1. The van der Waals surface area contributed by atoms with Gasteiger partial charge >= 0.3 is 0 Å². The van der Waals surface area contributed by atoms with Crippen LogP contribution >= 0.6 is 0 Å². The number of hydrogen-bond donors (Lipinski definition) is 2. The summed E-state index contributed by atoms with van der Waals surface area (Å²) >= 11 is 0. The van der Waals surface area contributed by atoms with E-state index in [1.54, 1.807) is 19.2 Å². The van der Waals surface area contributed by atoms with E-state index in [2.05, 4.69) is 15.2 Å². The maximum atomic E-state index is 14.1. The highest BCUT2D eigenvalue weighted by atomic mass is 32.2. The van der Waals surface area contributed by atoms with Gasteiger partial charge < -0.3 is 10.3 Å². The van der Waals surface area contributed by atoms with Crippen molar-refractivity contribution in [1.82, 2.24) is 19.5 Å². The molecule has 1 aliphatic carbocycles. The summed E-state index contributed by atoms with van der Waals surface area (Å²) in [5.41, 5.74) is 1.93. The molecule has 1 aromatic carbocycles. The lowest BCUT2D eigenvalue weighted by Crippen LogP contribution is -2.46. The van der Waals surface area contributed by atoms with Gasteiger partial charge in [-0.25, -0.2) is 17.1 Å². The third-order valence-electron chi connectivity index (χ3n) is 6.92. The number of benzene rings is 1. The highest BCUT2D eigenvalue weighted by Gasteiger charge is 2.35. The van der Waals surface area contributed by atoms with Crippen LogP contribution in [0.25, 0.3) is 10.9 Å². The number of likely N-dealkylation sites (tertiary alicyclic amines) is 1. The van der Waals surface area contributed by atoms with Gasteiger partial charge in [0.2, 0.25) is 10.0 Å². The van der Waals surface area contributed by atoms with Gasteiger partial charge in [-0.1, -0.05) is 6.07 Å². The quantitative estimate of drug-likeness (QED) is 0.733. The molecular weight excluding hydrogens is 419 g/mol. The zero-order valence-electron chi connectivity index (χ0n) is 18.3. The largest absolute Gasteiger partial charge is 0.350 e. The summed E-state index contributed by atoms with van der Waals surface area (Å²) in [7, 11) is -1.54. The zero-order chi connectivity index (χ0) is 22.3. The first-order valence-electron chi connectivity index (χ1n) is 10.9. The molecule has 0 spiro atoms. The van der Waals surface area contributed by atoms with Gasteiger partial charge in [-0.2, -0.15) is 0 Å². The first-order valence-corrected chi connectivity index (χ1v) is 12.7. The molecular formula is C22H31FN4O3S. The van der Waals surface area contributed by atoms with E-state index in [0.717, 1.165) is 50.8 Å². The Bertz CT molecular complexity index is 1040. The van der Waals surface area contributed by atoms with Crippen molar-refractivity contribution in [2.45, 2.75) is 57.2 Å². The third-order valence-corrected chi connectivity index (χ3v) is 8.27. The first kappa shape index (κ1) is 22.2. The van der Waals surface area contributed by atoms with Crippen LogP contribution in [0.2, 0.25) is 0 Å². The molecule has 0 radical (unpaired) electrons. The molecule has 1 saturated heterocycles. The zero-order valence-corrected chi connectivity index (χ0v) is 19.1. The van der Waals surface area contributed by atoms with Crippen molar-refractivity contribution in [3.8, 4) is 0 Å². The van der Waals surface area contributed by atoms with Crippen LogP contribution in [0, 0.1) is 12.7 Å². The van der Waals surface area contributed by atoms with E-state index in [0.29, 0.717) is 22.6 Å². The van der Waals surface area contributed by atoms with E-state index in [-0.39, 0.29) is 23.8 Å². The number of aryl methyl sites for hydroxylation is 1. The first-order chi connectivity index (χ1) is 14.6. The van der Waals surface area contributed by atoms with Crippen molar-refractivity contribution in [3.05, 3.63) is 35.3 Å². The van der Waals surface area contributed by atoms with E-state index in [1.165, 1.54) is 16.6 Å². The Labute approximate surface area is 183 Å². The number of hydrogen-bond acceptors (Lipinski definition) is 4. The average Bonchev–Trinajstić information content (AvgIpc) is 3.38. The minimum atomic E-state index is -3.20. The number of sulfonamides is 1. The Morgan fingerprint density at radius 1 is 1.29 bits per heavy atom. The average molecular weight is 451 g/mol. The number of amides is 1. The van der Waals surface area contributed by atoms with Crippen LogP contribution in [-0.2, 0) is 10.0 Å². The van der Waals surface area contributed by atoms with Crippen molar-refractivity contribution in [1.29, 1.82) is 0 Å². The van der Waals surface area contributed by atoms with E-state index in [1.807, 2.05) is 6.92 Å². The van der Waals surface area contributed by atoms with E-state index < -0.39 is 10.0 Å². The third kappa shape index (κ3) is 4.63. The molecule has 0 bridgehead atoms. The van der Waals surface area contributed by atoms with Crippen LogP contribution in [0.5, 0.6) is 0 Å². The molecule has 31 heavy (non-hydrogen) atoms. The highest BCUT2D eigenvalue weighted by Crippen LogP contribution is 2.28. The summed E-state index contributed by atoms with van der Waals surface area (Å²) in [4.78, 5) is 18.3. The predicted molar refractivity (Wildman–Crippen MR) is 119 cm³/mol. The van der Waals surface area contributed by atoms with Gasteiger partial charge in [0.15, 0.2) is 0 Å². The molecule has 7 nitrogen and oxygen atoms in total. The number of aromatic amines is 1. The molecule has 1 aromatic heterocycles. The van der Waals surface area contributed by atoms with E-state index >= 15 is 0 Å². The standard InChI is InChI=1S/C22H31FN4O3S/c1-14-7-8-19(23)18-12-20(25-21(14)18)22(28)24-15-5-4-6-16(11-15)27-10-9-17(13-27)26(2)31(3,29)30/h7-8,12,15-17,25H,4-6,9-11,13H2,1-3H3,(H,24,28)/t15-,16-,17-/m1/s1. The van der Waals surface area contributed by atoms with Gasteiger partial charge in [0.05, 0.1) is 11.8 Å². The molecule has 4 rings (SSSR count). The molecule has 2 aromatic rings. The van der Waals surface area contributed by atoms with Crippen LogP contribution in [-0.4, -0.2) is 73.0 Å². The molecule has 2 fully saturated rings. The Kier molecular flexibility index (Phi) is 6.11. The predicted octanol–water partition coefficient (Wildman–Crippen LogP) is 2.62. The molecule has 9 heteroatoms. The minimum Gasteiger partial charge on any atom is -0.350 e. The lowest BCUT2D eigenvalue weighted by molar-refractivity contribution is 0.0898. The van der Waals surface area contributed by atoms with Gasteiger partial charge in [-0.3, -0.25) is 9.69 Å². The molecule has 2 heterocycles. The number of nitrogens with zero attached hydrogens (tertiary/aromatic N) is 2. The Balaban J connectivity index is 1.39. The summed E-state index contributed by atoms with van der Waals surface area (Å²) in [5, 5.41) is 3.56. The Hall–Kier alpha value is -1.97. The van der Waals surface area contributed by atoms with Crippen LogP contribution in [0.15, 0.2) is 18.2 Å². The van der Waals surface area contributed by atoms with Crippen molar-refractivity contribution >= 4 is 26.8 Å². The summed E-state index contributed by atoms with van der Waals surface area (Å²) < 4.78 is 39.3. The molecule has 2 aliphatic rings. The minimum absolute atomic E-state index is 0.00875. The van der Waals surface area contributed by atoms with E-state index in [9.17, 15) is 17.6 Å². The van der Waals surface area contributed by atoms with Gasteiger partial charge in [0.25, 0.3) is 5.91 Å². The van der Waals surface area contributed by atoms with Crippen molar-refractivity contribution in [2.24, 2.45) is 0 Å². The molecule has 1 amide bonds. The van der Waals surface area contributed by atoms with Crippen molar-refractivity contribution in [2.75, 3.05) is 26.4 Å². The number of halogens is 1. The summed E-state index contributed by atoms with van der Waals surface area (Å²) in [6.07, 6.45) is 5.90. The second kappa shape index (κ2) is 8.52. The second-order valence-corrected chi connectivity index (χ2v) is 11.1. The van der Waals surface area contributed by atoms with Crippen LogP contribution < -0.4 is 5.32 Å². The maximum absolute atomic E-state index is 14.1. The van der Waals surface area contributed by atoms with E-state index in [4.69, 9.17) is 0 Å². The summed E-state index contributed by atoms with van der Waals surface area (Å²) in [6.45, 7) is 3.49. The maximum Gasteiger partial charge on any atom is 0.267 e. The molecule has 0 unspecified atom stereocenters. The molecule has 1 saturated carbocycles. The second-order valence-electron chi connectivity index (χ2n) is 9.04. The van der Waals surface area contributed by atoms with Crippen LogP contribution in [0.1, 0.15) is 48.2 Å². The topological polar surface area (TPSA) is 85.5 Å². The Morgan fingerprint density at radius 2 is 2.06 bits per heavy atom. The number of fused-ring (bicyclic) bond motifs is 1. The number of carbonyl (C=O) groups excluding carboxylic acids is 1. The smallest absolute Gasteiger partial charge is 0.267 e. The van der Waals surface area contributed by atoms with Gasteiger partial charge in [0, 0.05) is 43.6 Å².